The van der Waals surface area contributed by atoms with E-state index in [0.717, 1.165) is 19.0 Å². The van der Waals surface area contributed by atoms with Crippen LogP contribution in [0.15, 0.2) is 23.4 Å². The normalized spacial score (nSPS) is 19.4. The molecule has 0 amide bonds. The van der Waals surface area contributed by atoms with Crippen LogP contribution in [0.2, 0.25) is 0 Å². The Morgan fingerprint density at radius 3 is 2.80 bits per heavy atom. The van der Waals surface area contributed by atoms with E-state index in [1.54, 1.807) is 0 Å². The first kappa shape index (κ1) is 14.9. The lowest BCUT2D eigenvalue weighted by atomic mass is 10.2. The third-order valence-corrected chi connectivity index (χ3v) is 4.88. The van der Waals surface area contributed by atoms with E-state index in [1.165, 1.54) is 23.5 Å². The molecule has 1 aliphatic heterocycles. The molecule has 110 valence electrons. The number of carbonyl (C=O) groups is 1. The van der Waals surface area contributed by atoms with Crippen LogP contribution < -0.4 is 0 Å². The van der Waals surface area contributed by atoms with E-state index in [0.29, 0.717) is 6.61 Å². The van der Waals surface area contributed by atoms with E-state index in [4.69, 9.17) is 9.84 Å². The van der Waals surface area contributed by atoms with Gasteiger partial charge in [-0.3, -0.25) is 0 Å². The van der Waals surface area contributed by atoms with Gasteiger partial charge >= 0.3 is 5.97 Å². The topological polar surface area (TPSA) is 96.8 Å². The second kappa shape index (κ2) is 5.86. The summed E-state index contributed by atoms with van der Waals surface area (Å²) < 4.78 is 31.1. The lowest BCUT2D eigenvalue weighted by molar-refractivity contribution is 0.0696. The summed E-state index contributed by atoms with van der Waals surface area (Å²) >= 11 is 0. The van der Waals surface area contributed by atoms with Gasteiger partial charge in [-0.05, 0) is 25.0 Å². The molecule has 2 rings (SSSR count). The Balaban J connectivity index is 2.13. The summed E-state index contributed by atoms with van der Waals surface area (Å²) in [6.07, 6.45) is 2.72. The van der Waals surface area contributed by atoms with Crippen LogP contribution >= 0.6 is 0 Å². The minimum atomic E-state index is -3.72. The van der Waals surface area contributed by atoms with Gasteiger partial charge in [-0.15, -0.1) is 0 Å². The van der Waals surface area contributed by atoms with Gasteiger partial charge < -0.3 is 9.84 Å². The first-order valence-corrected chi connectivity index (χ1v) is 7.62. The van der Waals surface area contributed by atoms with Crippen molar-refractivity contribution >= 4 is 16.0 Å². The third-order valence-electron chi connectivity index (χ3n) is 3.14. The summed E-state index contributed by atoms with van der Waals surface area (Å²) in [5, 5.41) is 8.60. The summed E-state index contributed by atoms with van der Waals surface area (Å²) in [6, 6.07) is 2.42. The van der Waals surface area contributed by atoms with Crippen LogP contribution in [0.3, 0.4) is 0 Å². The van der Waals surface area contributed by atoms with Crippen molar-refractivity contribution in [3.8, 4) is 0 Å². The van der Waals surface area contributed by atoms with Gasteiger partial charge in [0.25, 0.3) is 10.0 Å². The van der Waals surface area contributed by atoms with Gasteiger partial charge in [0.1, 0.15) is 0 Å². The number of hydrogen-bond acceptors (Lipinski definition) is 5. The molecule has 0 saturated carbocycles. The fraction of sp³-hybridized carbons (Fsp3) is 0.500. The number of nitrogens with zero attached hydrogens (tertiary/aromatic N) is 2. The maximum Gasteiger partial charge on any atom is 0.337 e. The highest BCUT2D eigenvalue weighted by Crippen LogP contribution is 2.17. The van der Waals surface area contributed by atoms with Crippen LogP contribution in [-0.4, -0.2) is 55.1 Å². The van der Waals surface area contributed by atoms with Crippen molar-refractivity contribution in [2.75, 3.05) is 20.2 Å². The third kappa shape index (κ3) is 3.14. The number of sulfonamides is 1. The van der Waals surface area contributed by atoms with Crippen molar-refractivity contribution in [3.63, 3.8) is 0 Å². The Labute approximate surface area is 117 Å². The summed E-state index contributed by atoms with van der Waals surface area (Å²) in [4.78, 5) is 14.4. The number of likely N-dealkylation sites (N-methyl/N-ethyl adjacent to an activating group) is 1. The van der Waals surface area contributed by atoms with Gasteiger partial charge in [0.2, 0.25) is 0 Å². The van der Waals surface area contributed by atoms with Crippen LogP contribution in [0.5, 0.6) is 0 Å². The van der Waals surface area contributed by atoms with Crippen LogP contribution in [0.4, 0.5) is 0 Å². The smallest absolute Gasteiger partial charge is 0.337 e. The predicted molar refractivity (Wildman–Crippen MR) is 70.0 cm³/mol. The monoisotopic (exact) mass is 300 g/mol. The maximum atomic E-state index is 12.3. The van der Waals surface area contributed by atoms with Crippen LogP contribution in [0.25, 0.3) is 0 Å². The summed E-state index contributed by atoms with van der Waals surface area (Å²) in [5.41, 5.74) is -0.0503. The number of ether oxygens (including phenoxy) is 1. The molecule has 1 aromatic rings. The van der Waals surface area contributed by atoms with Crippen molar-refractivity contribution in [2.24, 2.45) is 0 Å². The Kier molecular flexibility index (Phi) is 4.36. The molecule has 0 bridgehead atoms. The number of hydrogen-bond donors (Lipinski definition) is 1. The van der Waals surface area contributed by atoms with Crippen LogP contribution in [0.1, 0.15) is 23.2 Å². The molecule has 0 radical (unpaired) electrons. The highest BCUT2D eigenvalue weighted by Gasteiger charge is 2.27. The molecule has 0 spiro atoms. The number of pyridine rings is 1. The fourth-order valence-corrected chi connectivity index (χ4v) is 3.10. The highest BCUT2D eigenvalue weighted by molar-refractivity contribution is 7.89. The molecular weight excluding hydrogens is 284 g/mol. The van der Waals surface area contributed by atoms with Crippen molar-refractivity contribution in [1.29, 1.82) is 0 Å². The van der Waals surface area contributed by atoms with E-state index in [-0.39, 0.29) is 23.2 Å². The molecule has 2 heterocycles. The predicted octanol–water partition coefficient (Wildman–Crippen LogP) is 0.579. The Morgan fingerprint density at radius 2 is 2.30 bits per heavy atom. The van der Waals surface area contributed by atoms with Gasteiger partial charge in [-0.1, -0.05) is 0 Å². The minimum Gasteiger partial charge on any atom is -0.478 e. The van der Waals surface area contributed by atoms with Gasteiger partial charge in [-0.2, -0.15) is 4.31 Å². The molecule has 7 nitrogen and oxygen atoms in total. The van der Waals surface area contributed by atoms with E-state index in [9.17, 15) is 13.2 Å². The van der Waals surface area contributed by atoms with Gasteiger partial charge in [-0.25, -0.2) is 18.2 Å². The molecule has 1 unspecified atom stereocenters. The second-order valence-electron chi connectivity index (χ2n) is 4.61. The zero-order valence-corrected chi connectivity index (χ0v) is 11.8. The minimum absolute atomic E-state index is 0.0503. The van der Waals surface area contributed by atoms with E-state index in [1.807, 2.05) is 0 Å². The Bertz CT molecular complexity index is 578. The molecule has 1 N–H and O–H groups in total. The Hall–Kier alpha value is -1.51. The van der Waals surface area contributed by atoms with E-state index >= 15 is 0 Å². The zero-order chi connectivity index (χ0) is 14.8. The van der Waals surface area contributed by atoms with Crippen molar-refractivity contribution in [3.05, 3.63) is 23.9 Å². The average molecular weight is 300 g/mol. The van der Waals surface area contributed by atoms with Gasteiger partial charge in [0.05, 0.1) is 11.7 Å². The molecule has 1 aromatic heterocycles. The first-order chi connectivity index (χ1) is 9.41. The molecule has 1 saturated heterocycles. The quantitative estimate of drug-likeness (QED) is 0.854. The second-order valence-corrected chi connectivity index (χ2v) is 6.60. The Morgan fingerprint density at radius 1 is 1.55 bits per heavy atom. The SMILES string of the molecule is CN(CC1CCCO1)S(=O)(=O)c1ccc(C(=O)O)cn1. The van der Waals surface area contributed by atoms with Gasteiger partial charge in [0.15, 0.2) is 5.03 Å². The maximum absolute atomic E-state index is 12.3. The average Bonchev–Trinajstić information content (AvgIpc) is 2.91. The number of rotatable bonds is 5. The summed E-state index contributed by atoms with van der Waals surface area (Å²) in [7, 11) is -2.26. The molecular formula is C12H16N2O5S. The molecule has 0 aliphatic carbocycles. The van der Waals surface area contributed by atoms with Crippen molar-refractivity contribution in [1.82, 2.24) is 9.29 Å². The standard InChI is InChI=1S/C12H16N2O5S/c1-14(8-10-3-2-6-19-10)20(17,18)11-5-4-9(7-13-11)12(15)16/h4-5,7,10H,2-3,6,8H2,1H3,(H,15,16). The molecule has 1 atom stereocenters. The lowest BCUT2D eigenvalue weighted by Gasteiger charge is -2.19. The number of aromatic nitrogens is 1. The lowest BCUT2D eigenvalue weighted by Crippen LogP contribution is -2.34. The zero-order valence-electron chi connectivity index (χ0n) is 11.0. The number of aromatic carboxylic acids is 1. The largest absolute Gasteiger partial charge is 0.478 e. The van der Waals surface area contributed by atoms with E-state index < -0.39 is 16.0 Å². The number of carboxylic acid groups (broad SMARTS) is 1. The van der Waals surface area contributed by atoms with Crippen LogP contribution in [-0.2, 0) is 14.8 Å². The molecule has 1 aliphatic rings. The van der Waals surface area contributed by atoms with Crippen molar-refractivity contribution < 1.29 is 23.1 Å². The molecule has 8 heteroatoms. The molecule has 20 heavy (non-hydrogen) atoms. The molecule has 0 aromatic carbocycles. The molecule has 1 fully saturated rings. The van der Waals surface area contributed by atoms with Crippen molar-refractivity contribution in [2.45, 2.75) is 24.0 Å². The van der Waals surface area contributed by atoms with Gasteiger partial charge in [0, 0.05) is 26.4 Å². The summed E-state index contributed by atoms with van der Waals surface area (Å²) in [6.45, 7) is 0.925. The fourth-order valence-electron chi connectivity index (χ4n) is 1.99. The van der Waals surface area contributed by atoms with E-state index in [2.05, 4.69) is 4.98 Å². The van der Waals surface area contributed by atoms with Crippen LogP contribution in [0, 0.1) is 0 Å². The highest BCUT2D eigenvalue weighted by atomic mass is 32.2. The number of carboxylic acids is 1. The summed E-state index contributed by atoms with van der Waals surface area (Å²) in [5.74, 6) is -1.14. The first-order valence-electron chi connectivity index (χ1n) is 6.18.